The van der Waals surface area contributed by atoms with Gasteiger partial charge in [-0.05, 0) is 45.4 Å². The monoisotopic (exact) mass is 326 g/mol. The zero-order chi connectivity index (χ0) is 16.7. The van der Waals surface area contributed by atoms with E-state index in [-0.39, 0.29) is 17.2 Å². The summed E-state index contributed by atoms with van der Waals surface area (Å²) >= 11 is 5.93. The van der Waals surface area contributed by atoms with Crippen LogP contribution in [0.25, 0.3) is 0 Å². The van der Waals surface area contributed by atoms with Crippen LogP contribution in [0.1, 0.15) is 45.5 Å². The van der Waals surface area contributed by atoms with Crippen LogP contribution in [0.3, 0.4) is 0 Å². The predicted octanol–water partition coefficient (Wildman–Crippen LogP) is 3.24. The molecule has 1 aliphatic rings. The number of aliphatic carboxylic acids is 1. The Balaban J connectivity index is 2.35. The van der Waals surface area contributed by atoms with E-state index in [2.05, 4.69) is 0 Å². The van der Waals surface area contributed by atoms with Gasteiger partial charge in [0.05, 0.1) is 22.6 Å². The summed E-state index contributed by atoms with van der Waals surface area (Å²) in [7, 11) is -0.693. The van der Waals surface area contributed by atoms with Gasteiger partial charge in [-0.2, -0.15) is 0 Å². The Morgan fingerprint density at radius 3 is 2.27 bits per heavy atom. The van der Waals surface area contributed by atoms with Crippen molar-refractivity contribution >= 4 is 24.7 Å². The molecule has 7 heteroatoms. The standard InChI is InChI=1S/C15H20BClO5/c1-14(2)15(3,4)22-16(21-14)10(8-13(19)20)9-5-6-12(18)11(17)7-9/h5-7,10,18H,8H2,1-4H3,(H,19,20). The third-order valence-electron chi connectivity index (χ3n) is 4.39. The molecule has 0 spiro atoms. The van der Waals surface area contributed by atoms with Gasteiger partial charge in [0.1, 0.15) is 5.75 Å². The number of hydrogen-bond donors (Lipinski definition) is 2. The van der Waals surface area contributed by atoms with Gasteiger partial charge in [-0.1, -0.05) is 17.7 Å². The number of halogens is 1. The van der Waals surface area contributed by atoms with Crippen molar-refractivity contribution in [3.63, 3.8) is 0 Å². The highest BCUT2D eigenvalue weighted by Crippen LogP contribution is 2.42. The predicted molar refractivity (Wildman–Crippen MR) is 84.2 cm³/mol. The molecule has 5 nitrogen and oxygen atoms in total. The molecular formula is C15H20BClO5. The second kappa shape index (κ2) is 5.76. The lowest BCUT2D eigenvalue weighted by Crippen LogP contribution is -2.41. The van der Waals surface area contributed by atoms with E-state index >= 15 is 0 Å². The lowest BCUT2D eigenvalue weighted by atomic mass is 9.66. The first-order valence-electron chi connectivity index (χ1n) is 7.09. The number of carboxylic acid groups (broad SMARTS) is 1. The SMILES string of the molecule is CC1(C)OB(C(CC(=O)O)c2ccc(O)c(Cl)c2)OC1(C)C. The molecule has 120 valence electrons. The average molecular weight is 327 g/mol. The molecule has 0 radical (unpaired) electrons. The number of hydrogen-bond acceptors (Lipinski definition) is 4. The fraction of sp³-hybridized carbons (Fsp3) is 0.533. The van der Waals surface area contributed by atoms with Crippen molar-refractivity contribution in [2.24, 2.45) is 0 Å². The molecule has 1 unspecified atom stereocenters. The molecule has 0 saturated carbocycles. The van der Waals surface area contributed by atoms with E-state index in [9.17, 15) is 15.0 Å². The quantitative estimate of drug-likeness (QED) is 0.831. The molecule has 1 aliphatic heterocycles. The number of phenols is 1. The second-order valence-electron chi connectivity index (χ2n) is 6.54. The first kappa shape index (κ1) is 17.1. The van der Waals surface area contributed by atoms with Crippen LogP contribution >= 0.6 is 11.6 Å². The summed E-state index contributed by atoms with van der Waals surface area (Å²) in [4.78, 5) is 11.2. The van der Waals surface area contributed by atoms with E-state index in [4.69, 9.17) is 20.9 Å². The van der Waals surface area contributed by atoms with Crippen molar-refractivity contribution < 1.29 is 24.3 Å². The van der Waals surface area contributed by atoms with Gasteiger partial charge in [0, 0.05) is 5.82 Å². The van der Waals surface area contributed by atoms with Gasteiger partial charge in [-0.25, -0.2) is 0 Å². The molecule has 1 aromatic rings. The molecule has 0 aromatic heterocycles. The lowest BCUT2D eigenvalue weighted by molar-refractivity contribution is -0.137. The summed E-state index contributed by atoms with van der Waals surface area (Å²) in [6, 6.07) is 4.63. The summed E-state index contributed by atoms with van der Waals surface area (Å²) in [5.74, 6) is -1.52. The number of carbonyl (C=O) groups is 1. The summed E-state index contributed by atoms with van der Waals surface area (Å²) < 4.78 is 11.9. The van der Waals surface area contributed by atoms with Crippen molar-refractivity contribution in [2.45, 2.75) is 51.1 Å². The molecule has 22 heavy (non-hydrogen) atoms. The van der Waals surface area contributed by atoms with Crippen LogP contribution in [-0.4, -0.2) is 34.5 Å². The molecule has 1 heterocycles. The van der Waals surface area contributed by atoms with Gasteiger partial charge >= 0.3 is 13.1 Å². The highest BCUT2D eigenvalue weighted by atomic mass is 35.5. The van der Waals surface area contributed by atoms with E-state index in [1.165, 1.54) is 6.07 Å². The van der Waals surface area contributed by atoms with Gasteiger partial charge in [-0.3, -0.25) is 4.79 Å². The van der Waals surface area contributed by atoms with E-state index in [0.717, 1.165) is 0 Å². The lowest BCUT2D eigenvalue weighted by Gasteiger charge is -2.32. The van der Waals surface area contributed by atoms with Gasteiger partial charge in [-0.15, -0.1) is 0 Å². The number of carboxylic acids is 1. The Morgan fingerprint density at radius 1 is 1.27 bits per heavy atom. The van der Waals surface area contributed by atoms with Gasteiger partial charge < -0.3 is 19.5 Å². The van der Waals surface area contributed by atoms with Crippen molar-refractivity contribution in [2.75, 3.05) is 0 Å². The summed E-state index contributed by atoms with van der Waals surface area (Å²) in [6.07, 6.45) is -0.155. The topological polar surface area (TPSA) is 76.0 Å². The van der Waals surface area contributed by atoms with Gasteiger partial charge in [0.15, 0.2) is 0 Å². The van der Waals surface area contributed by atoms with Gasteiger partial charge in [0.25, 0.3) is 0 Å². The molecule has 0 amide bonds. The van der Waals surface area contributed by atoms with E-state index < -0.39 is 30.1 Å². The smallest absolute Gasteiger partial charge is 0.466 e. The molecule has 0 aliphatic carbocycles. The first-order chi connectivity index (χ1) is 10.0. The molecule has 1 fully saturated rings. The Hall–Kier alpha value is -1.24. The van der Waals surface area contributed by atoms with Gasteiger partial charge in [0.2, 0.25) is 0 Å². The number of aromatic hydroxyl groups is 1. The minimum absolute atomic E-state index is 0.0478. The maximum Gasteiger partial charge on any atom is 0.466 e. The highest BCUT2D eigenvalue weighted by Gasteiger charge is 2.54. The number of phenolic OH excluding ortho intramolecular Hbond substituents is 1. The largest absolute Gasteiger partial charge is 0.506 e. The van der Waals surface area contributed by atoms with Crippen LogP contribution in [0.2, 0.25) is 5.02 Å². The summed E-state index contributed by atoms with van der Waals surface area (Å²) in [5, 5.41) is 18.9. The molecular weight excluding hydrogens is 306 g/mol. The van der Waals surface area contributed by atoms with Crippen LogP contribution < -0.4 is 0 Å². The summed E-state index contributed by atoms with van der Waals surface area (Å²) in [5.41, 5.74) is -0.437. The Kier molecular flexibility index (Phi) is 4.48. The molecule has 2 rings (SSSR count). The summed E-state index contributed by atoms with van der Waals surface area (Å²) in [6.45, 7) is 7.65. The van der Waals surface area contributed by atoms with E-state index in [1.54, 1.807) is 12.1 Å². The molecule has 2 N–H and O–H groups in total. The van der Waals surface area contributed by atoms with E-state index in [0.29, 0.717) is 5.56 Å². The Morgan fingerprint density at radius 2 is 1.82 bits per heavy atom. The van der Waals surface area contributed by atoms with Crippen LogP contribution in [0.15, 0.2) is 18.2 Å². The normalized spacial score (nSPS) is 20.9. The number of benzene rings is 1. The molecule has 1 saturated heterocycles. The van der Waals surface area contributed by atoms with Crippen LogP contribution in [-0.2, 0) is 14.1 Å². The first-order valence-corrected chi connectivity index (χ1v) is 7.47. The Bertz CT molecular complexity index is 571. The molecule has 0 bridgehead atoms. The zero-order valence-corrected chi connectivity index (χ0v) is 13.8. The van der Waals surface area contributed by atoms with Crippen molar-refractivity contribution in [3.8, 4) is 5.75 Å². The second-order valence-corrected chi connectivity index (χ2v) is 6.95. The van der Waals surface area contributed by atoms with Crippen molar-refractivity contribution in [3.05, 3.63) is 28.8 Å². The van der Waals surface area contributed by atoms with Crippen molar-refractivity contribution in [1.82, 2.24) is 0 Å². The third-order valence-corrected chi connectivity index (χ3v) is 4.70. The maximum absolute atomic E-state index is 11.2. The van der Waals surface area contributed by atoms with Crippen LogP contribution in [0, 0.1) is 0 Å². The van der Waals surface area contributed by atoms with E-state index in [1.807, 2.05) is 27.7 Å². The van der Waals surface area contributed by atoms with Crippen LogP contribution in [0.5, 0.6) is 5.75 Å². The average Bonchev–Trinajstić information content (AvgIpc) is 2.59. The van der Waals surface area contributed by atoms with Crippen molar-refractivity contribution in [1.29, 1.82) is 0 Å². The zero-order valence-electron chi connectivity index (χ0n) is 13.1. The third kappa shape index (κ3) is 3.24. The fourth-order valence-electron chi connectivity index (χ4n) is 2.37. The maximum atomic E-state index is 11.2. The van der Waals surface area contributed by atoms with Crippen LogP contribution in [0.4, 0.5) is 0 Å². The Labute approximate surface area is 135 Å². The molecule has 1 aromatic carbocycles. The minimum atomic E-state index is -0.955. The molecule has 1 atom stereocenters. The minimum Gasteiger partial charge on any atom is -0.506 e. The number of rotatable bonds is 4. The highest BCUT2D eigenvalue weighted by molar-refractivity contribution is 6.48. The fourth-order valence-corrected chi connectivity index (χ4v) is 2.56.